The quantitative estimate of drug-likeness (QED) is 0.846. The van der Waals surface area contributed by atoms with Gasteiger partial charge in [0.25, 0.3) is 0 Å². The van der Waals surface area contributed by atoms with Gasteiger partial charge in [-0.1, -0.05) is 0 Å². The topological polar surface area (TPSA) is 59.0 Å². The molecule has 1 aliphatic heterocycles. The van der Waals surface area contributed by atoms with E-state index in [1.807, 2.05) is 31.8 Å². The predicted molar refractivity (Wildman–Crippen MR) is 74.8 cm³/mol. The molecule has 5 nitrogen and oxygen atoms in total. The van der Waals surface area contributed by atoms with Gasteiger partial charge in [-0.25, -0.2) is 0 Å². The van der Waals surface area contributed by atoms with Crippen LogP contribution in [-0.2, 0) is 11.8 Å². The normalized spacial score (nSPS) is 20.5. The second-order valence-electron chi connectivity index (χ2n) is 5.43. The van der Waals surface area contributed by atoms with Crippen LogP contribution in [0.4, 0.5) is 0 Å². The highest BCUT2D eigenvalue weighted by Gasteiger charge is 2.17. The molecule has 2 N–H and O–H groups in total. The van der Waals surface area contributed by atoms with Crippen LogP contribution in [0.25, 0.3) is 0 Å². The van der Waals surface area contributed by atoms with Gasteiger partial charge in [-0.15, -0.1) is 0 Å². The Morgan fingerprint density at radius 2 is 2.47 bits per heavy atom. The molecule has 0 aromatic carbocycles. The predicted octanol–water partition coefficient (Wildman–Crippen LogP) is 1.44. The maximum Gasteiger partial charge on any atom is 0.220 e. The summed E-state index contributed by atoms with van der Waals surface area (Å²) in [6, 6.07) is 0.555. The molecule has 0 bridgehead atoms. The molecule has 2 heterocycles. The summed E-state index contributed by atoms with van der Waals surface area (Å²) >= 11 is 0. The number of nitrogens with one attached hydrogen (secondary N) is 2. The van der Waals surface area contributed by atoms with Crippen molar-refractivity contribution >= 4 is 5.91 Å². The monoisotopic (exact) mass is 264 g/mol. The summed E-state index contributed by atoms with van der Waals surface area (Å²) in [5.74, 6) is 0.129. The van der Waals surface area contributed by atoms with Gasteiger partial charge >= 0.3 is 0 Å². The fourth-order valence-corrected chi connectivity index (χ4v) is 2.64. The number of hydrogen-bond donors (Lipinski definition) is 2. The smallest absolute Gasteiger partial charge is 0.220 e. The van der Waals surface area contributed by atoms with E-state index in [9.17, 15) is 4.79 Å². The van der Waals surface area contributed by atoms with Crippen molar-refractivity contribution < 1.29 is 4.79 Å². The minimum atomic E-state index is 0.0257. The lowest BCUT2D eigenvalue weighted by atomic mass is 10.1. The highest BCUT2D eigenvalue weighted by atomic mass is 16.1. The first-order valence-corrected chi connectivity index (χ1v) is 7.09. The molecule has 0 spiro atoms. The number of rotatable bonds is 5. The zero-order chi connectivity index (χ0) is 13.8. The molecule has 0 aliphatic carbocycles. The van der Waals surface area contributed by atoms with Gasteiger partial charge < -0.3 is 10.6 Å². The molecule has 1 fully saturated rings. The van der Waals surface area contributed by atoms with E-state index in [1.54, 1.807) is 0 Å². The van der Waals surface area contributed by atoms with Crippen molar-refractivity contribution in [1.29, 1.82) is 0 Å². The Labute approximate surface area is 114 Å². The molecule has 1 saturated heterocycles. The summed E-state index contributed by atoms with van der Waals surface area (Å²) in [7, 11) is 1.92. The van der Waals surface area contributed by atoms with Gasteiger partial charge in [-0.3, -0.25) is 9.48 Å². The van der Waals surface area contributed by atoms with E-state index in [4.69, 9.17) is 0 Å². The molecule has 1 aromatic rings. The van der Waals surface area contributed by atoms with Crippen molar-refractivity contribution in [2.75, 3.05) is 6.54 Å². The van der Waals surface area contributed by atoms with Crippen LogP contribution < -0.4 is 10.6 Å². The van der Waals surface area contributed by atoms with Gasteiger partial charge in [0.15, 0.2) is 0 Å². The van der Waals surface area contributed by atoms with Crippen molar-refractivity contribution in [3.05, 3.63) is 17.5 Å². The minimum absolute atomic E-state index is 0.0257. The Kier molecular flexibility index (Phi) is 4.58. The molecule has 19 heavy (non-hydrogen) atoms. The van der Waals surface area contributed by atoms with Crippen molar-refractivity contribution in [1.82, 2.24) is 20.4 Å². The van der Waals surface area contributed by atoms with E-state index in [2.05, 4.69) is 15.7 Å². The number of nitrogens with zero attached hydrogens (tertiary/aromatic N) is 2. The standard InChI is InChI=1S/C14H24N4O/c1-10(13-9-16-18(3)11(13)2)17-14(19)7-6-12-5-4-8-15-12/h9-10,12,15H,4-8H2,1-3H3,(H,17,19). The molecular weight excluding hydrogens is 240 g/mol. The van der Waals surface area contributed by atoms with Gasteiger partial charge in [-0.05, 0) is 39.7 Å². The highest BCUT2D eigenvalue weighted by Crippen LogP contribution is 2.16. The summed E-state index contributed by atoms with van der Waals surface area (Å²) in [4.78, 5) is 11.9. The first kappa shape index (κ1) is 14.1. The average Bonchev–Trinajstić information content (AvgIpc) is 2.98. The molecular formula is C14H24N4O. The first-order valence-electron chi connectivity index (χ1n) is 7.09. The van der Waals surface area contributed by atoms with E-state index in [0.717, 1.165) is 24.2 Å². The van der Waals surface area contributed by atoms with Gasteiger partial charge in [0.1, 0.15) is 0 Å². The number of carbonyl (C=O) groups excluding carboxylic acids is 1. The van der Waals surface area contributed by atoms with Crippen LogP contribution >= 0.6 is 0 Å². The Morgan fingerprint density at radius 1 is 1.68 bits per heavy atom. The average molecular weight is 264 g/mol. The fourth-order valence-electron chi connectivity index (χ4n) is 2.64. The third-order valence-electron chi connectivity index (χ3n) is 4.00. The summed E-state index contributed by atoms with van der Waals surface area (Å²) in [5, 5.41) is 10.7. The second-order valence-corrected chi connectivity index (χ2v) is 5.43. The summed E-state index contributed by atoms with van der Waals surface area (Å²) in [6.07, 6.45) is 5.80. The Hall–Kier alpha value is -1.36. The van der Waals surface area contributed by atoms with Crippen molar-refractivity contribution in [2.45, 2.75) is 51.6 Å². The maximum atomic E-state index is 11.9. The van der Waals surface area contributed by atoms with E-state index in [0.29, 0.717) is 12.5 Å². The van der Waals surface area contributed by atoms with Gasteiger partial charge in [0, 0.05) is 30.8 Å². The lowest BCUT2D eigenvalue weighted by molar-refractivity contribution is -0.121. The Bertz CT molecular complexity index is 435. The zero-order valence-electron chi connectivity index (χ0n) is 12.1. The second kappa shape index (κ2) is 6.19. The molecule has 0 radical (unpaired) electrons. The van der Waals surface area contributed by atoms with Gasteiger partial charge in [0.2, 0.25) is 5.91 Å². The Balaban J connectivity index is 1.79. The lowest BCUT2D eigenvalue weighted by Crippen LogP contribution is -2.29. The van der Waals surface area contributed by atoms with Crippen LogP contribution in [0.1, 0.15) is 49.9 Å². The molecule has 5 heteroatoms. The molecule has 106 valence electrons. The van der Waals surface area contributed by atoms with Crippen LogP contribution in [0.2, 0.25) is 0 Å². The van der Waals surface area contributed by atoms with E-state index < -0.39 is 0 Å². The van der Waals surface area contributed by atoms with E-state index in [1.165, 1.54) is 12.8 Å². The lowest BCUT2D eigenvalue weighted by Gasteiger charge is -2.15. The van der Waals surface area contributed by atoms with E-state index in [-0.39, 0.29) is 11.9 Å². The van der Waals surface area contributed by atoms with Crippen molar-refractivity contribution in [3.8, 4) is 0 Å². The number of aryl methyl sites for hydroxylation is 1. The highest BCUT2D eigenvalue weighted by molar-refractivity contribution is 5.76. The van der Waals surface area contributed by atoms with Crippen molar-refractivity contribution in [2.24, 2.45) is 7.05 Å². The van der Waals surface area contributed by atoms with Gasteiger partial charge in [0.05, 0.1) is 12.2 Å². The first-order chi connectivity index (χ1) is 9.08. The van der Waals surface area contributed by atoms with Crippen LogP contribution in [0.3, 0.4) is 0 Å². The molecule has 2 unspecified atom stereocenters. The fraction of sp³-hybridized carbons (Fsp3) is 0.714. The molecule has 2 rings (SSSR count). The van der Waals surface area contributed by atoms with Crippen LogP contribution in [0, 0.1) is 6.92 Å². The largest absolute Gasteiger partial charge is 0.349 e. The molecule has 1 aliphatic rings. The van der Waals surface area contributed by atoms with Gasteiger partial charge in [-0.2, -0.15) is 5.10 Å². The summed E-state index contributed by atoms with van der Waals surface area (Å²) in [6.45, 7) is 5.13. The molecule has 1 amide bonds. The summed E-state index contributed by atoms with van der Waals surface area (Å²) < 4.78 is 1.83. The number of aromatic nitrogens is 2. The SMILES string of the molecule is Cc1c(C(C)NC(=O)CCC2CCCN2)cnn1C. The number of hydrogen-bond acceptors (Lipinski definition) is 3. The van der Waals surface area contributed by atoms with Crippen LogP contribution in [-0.4, -0.2) is 28.3 Å². The minimum Gasteiger partial charge on any atom is -0.349 e. The number of amides is 1. The maximum absolute atomic E-state index is 11.9. The molecule has 0 saturated carbocycles. The third kappa shape index (κ3) is 3.56. The van der Waals surface area contributed by atoms with E-state index >= 15 is 0 Å². The molecule has 1 aromatic heterocycles. The van der Waals surface area contributed by atoms with Crippen molar-refractivity contribution in [3.63, 3.8) is 0 Å². The zero-order valence-corrected chi connectivity index (χ0v) is 12.1. The van der Waals surface area contributed by atoms with Crippen LogP contribution in [0.5, 0.6) is 0 Å². The van der Waals surface area contributed by atoms with Crippen LogP contribution in [0.15, 0.2) is 6.20 Å². The summed E-state index contributed by atoms with van der Waals surface area (Å²) in [5.41, 5.74) is 2.19. The number of carbonyl (C=O) groups is 1. The Morgan fingerprint density at radius 3 is 3.05 bits per heavy atom. The molecule has 2 atom stereocenters. The third-order valence-corrected chi connectivity index (χ3v) is 4.00.